The monoisotopic (exact) mass is 448 g/mol. The number of rotatable bonds is 4. The Hall–Kier alpha value is -3.20. The number of aryl methyl sites for hydroxylation is 2. The van der Waals surface area contributed by atoms with Crippen molar-refractivity contribution in [2.24, 2.45) is 0 Å². The van der Waals surface area contributed by atoms with Gasteiger partial charge in [-0.2, -0.15) is 0 Å². The SMILES string of the molecule is Cc1ccc(CN2C(=O)CCc3c(C)nc([C@@H]4CCCN4C(=O)c4csnn4)nc32)cc1. The van der Waals surface area contributed by atoms with Gasteiger partial charge in [0.05, 0.1) is 12.6 Å². The van der Waals surface area contributed by atoms with E-state index in [2.05, 4.69) is 21.7 Å². The van der Waals surface area contributed by atoms with Crippen molar-refractivity contribution in [3.63, 3.8) is 0 Å². The third-order valence-corrected chi connectivity index (χ3v) is 6.71. The molecule has 0 bridgehead atoms. The molecule has 1 aromatic carbocycles. The lowest BCUT2D eigenvalue weighted by molar-refractivity contribution is -0.119. The third kappa shape index (κ3) is 3.77. The predicted molar refractivity (Wildman–Crippen MR) is 120 cm³/mol. The number of aromatic nitrogens is 4. The Bertz CT molecular complexity index is 1160. The molecular weight excluding hydrogens is 424 g/mol. The van der Waals surface area contributed by atoms with Gasteiger partial charge in [0.1, 0.15) is 5.82 Å². The fraction of sp³-hybridized carbons (Fsp3) is 0.391. The molecule has 0 spiro atoms. The summed E-state index contributed by atoms with van der Waals surface area (Å²) in [6.07, 6.45) is 2.75. The van der Waals surface area contributed by atoms with Gasteiger partial charge in [0.2, 0.25) is 5.91 Å². The Labute approximate surface area is 190 Å². The van der Waals surface area contributed by atoms with Gasteiger partial charge in [-0.25, -0.2) is 9.97 Å². The molecule has 9 heteroatoms. The molecule has 1 atom stereocenters. The average Bonchev–Trinajstić information content (AvgIpc) is 3.49. The van der Waals surface area contributed by atoms with Crippen LogP contribution in [0, 0.1) is 13.8 Å². The van der Waals surface area contributed by atoms with Gasteiger partial charge < -0.3 is 4.90 Å². The maximum absolute atomic E-state index is 13.0. The minimum Gasteiger partial charge on any atom is -0.327 e. The molecule has 0 N–H and O–H groups in total. The molecular formula is C23H24N6O2S. The van der Waals surface area contributed by atoms with Crippen LogP contribution in [-0.4, -0.2) is 42.8 Å². The summed E-state index contributed by atoms with van der Waals surface area (Å²) in [6, 6.07) is 7.97. The van der Waals surface area contributed by atoms with Crippen LogP contribution in [0.5, 0.6) is 0 Å². The van der Waals surface area contributed by atoms with Crippen LogP contribution in [0.3, 0.4) is 0 Å². The Balaban J connectivity index is 1.50. The third-order valence-electron chi connectivity index (χ3n) is 6.21. The molecule has 0 unspecified atom stereocenters. The summed E-state index contributed by atoms with van der Waals surface area (Å²) < 4.78 is 3.82. The van der Waals surface area contributed by atoms with E-state index in [4.69, 9.17) is 9.97 Å². The number of carbonyl (C=O) groups excluding carboxylic acids is 2. The molecule has 2 aliphatic rings. The Morgan fingerprint density at radius 3 is 2.72 bits per heavy atom. The summed E-state index contributed by atoms with van der Waals surface area (Å²) in [5, 5.41) is 5.60. The second-order valence-electron chi connectivity index (χ2n) is 8.38. The summed E-state index contributed by atoms with van der Waals surface area (Å²) in [5.74, 6) is 1.20. The van der Waals surface area contributed by atoms with Crippen LogP contribution in [0.15, 0.2) is 29.6 Å². The Morgan fingerprint density at radius 1 is 1.16 bits per heavy atom. The molecule has 4 heterocycles. The summed E-state index contributed by atoms with van der Waals surface area (Å²) in [7, 11) is 0. The van der Waals surface area contributed by atoms with Crippen molar-refractivity contribution in [3.8, 4) is 0 Å². The van der Waals surface area contributed by atoms with Crippen molar-refractivity contribution in [3.05, 3.63) is 63.5 Å². The minimum absolute atomic E-state index is 0.0648. The van der Waals surface area contributed by atoms with Crippen LogP contribution in [0.2, 0.25) is 0 Å². The second kappa shape index (κ2) is 8.38. The van der Waals surface area contributed by atoms with Gasteiger partial charge in [-0.15, -0.1) is 5.10 Å². The summed E-state index contributed by atoms with van der Waals surface area (Å²) in [6.45, 7) is 5.12. The normalized spacial score (nSPS) is 18.2. The van der Waals surface area contributed by atoms with Crippen LogP contribution in [-0.2, 0) is 17.8 Å². The van der Waals surface area contributed by atoms with Crippen molar-refractivity contribution in [1.29, 1.82) is 0 Å². The van der Waals surface area contributed by atoms with Crippen molar-refractivity contribution in [2.75, 3.05) is 11.4 Å². The van der Waals surface area contributed by atoms with Crippen LogP contribution in [0.4, 0.5) is 5.82 Å². The van der Waals surface area contributed by atoms with Gasteiger partial charge in [0.25, 0.3) is 5.91 Å². The van der Waals surface area contributed by atoms with E-state index in [0.29, 0.717) is 43.3 Å². The number of likely N-dealkylation sites (tertiary alicyclic amines) is 1. The van der Waals surface area contributed by atoms with E-state index in [0.717, 1.165) is 41.2 Å². The van der Waals surface area contributed by atoms with E-state index in [1.54, 1.807) is 15.2 Å². The highest BCUT2D eigenvalue weighted by Gasteiger charge is 2.36. The first kappa shape index (κ1) is 20.7. The summed E-state index contributed by atoms with van der Waals surface area (Å²) in [4.78, 5) is 39.1. The smallest absolute Gasteiger partial charge is 0.275 e. The molecule has 0 saturated carbocycles. The van der Waals surface area contributed by atoms with E-state index in [9.17, 15) is 9.59 Å². The van der Waals surface area contributed by atoms with Gasteiger partial charge in [0, 0.05) is 29.6 Å². The number of benzene rings is 1. The fourth-order valence-corrected chi connectivity index (χ4v) is 4.90. The van der Waals surface area contributed by atoms with Crippen molar-refractivity contribution in [2.45, 2.75) is 52.1 Å². The lowest BCUT2D eigenvalue weighted by Crippen LogP contribution is -2.37. The zero-order valence-corrected chi connectivity index (χ0v) is 18.9. The molecule has 0 radical (unpaired) electrons. The first-order valence-corrected chi connectivity index (χ1v) is 11.7. The number of anilines is 1. The molecule has 8 nitrogen and oxygen atoms in total. The first-order chi connectivity index (χ1) is 15.5. The molecule has 2 aliphatic heterocycles. The number of hydrogen-bond donors (Lipinski definition) is 0. The van der Waals surface area contributed by atoms with Gasteiger partial charge in [-0.05, 0) is 50.2 Å². The first-order valence-electron chi connectivity index (χ1n) is 10.8. The highest BCUT2D eigenvalue weighted by Crippen LogP contribution is 2.35. The van der Waals surface area contributed by atoms with E-state index >= 15 is 0 Å². The van der Waals surface area contributed by atoms with E-state index in [1.807, 2.05) is 26.0 Å². The van der Waals surface area contributed by atoms with Gasteiger partial charge in [-0.3, -0.25) is 14.5 Å². The van der Waals surface area contributed by atoms with E-state index in [1.165, 1.54) is 5.56 Å². The van der Waals surface area contributed by atoms with E-state index < -0.39 is 0 Å². The maximum atomic E-state index is 13.0. The molecule has 2 aromatic heterocycles. The topological polar surface area (TPSA) is 92.2 Å². The predicted octanol–water partition coefficient (Wildman–Crippen LogP) is 3.40. The minimum atomic E-state index is -0.230. The number of fused-ring (bicyclic) bond motifs is 1. The standard InChI is InChI=1S/C23H24N6O2S/c1-14-5-7-16(8-6-14)12-29-20(30)10-9-17-15(2)24-21(25-22(17)29)19-4-3-11-28(19)23(31)18-13-32-27-26-18/h5-8,13,19H,3-4,9-12H2,1-2H3/t19-/m0/s1. The number of nitrogens with zero attached hydrogens (tertiary/aromatic N) is 6. The quantitative estimate of drug-likeness (QED) is 0.607. The van der Waals surface area contributed by atoms with E-state index in [-0.39, 0.29) is 17.9 Å². The maximum Gasteiger partial charge on any atom is 0.275 e. The number of amides is 2. The second-order valence-corrected chi connectivity index (χ2v) is 8.99. The molecule has 3 aromatic rings. The molecule has 164 valence electrons. The number of hydrogen-bond acceptors (Lipinski definition) is 7. The Kier molecular flexibility index (Phi) is 5.42. The zero-order valence-electron chi connectivity index (χ0n) is 18.1. The van der Waals surface area contributed by atoms with Crippen LogP contribution < -0.4 is 4.90 Å². The molecule has 2 amide bonds. The highest BCUT2D eigenvalue weighted by atomic mass is 32.1. The molecule has 0 aliphatic carbocycles. The lowest BCUT2D eigenvalue weighted by Gasteiger charge is -2.31. The lowest BCUT2D eigenvalue weighted by atomic mass is 10.0. The molecule has 1 saturated heterocycles. The Morgan fingerprint density at radius 2 is 1.97 bits per heavy atom. The summed E-state index contributed by atoms with van der Waals surface area (Å²) in [5.41, 5.74) is 4.48. The fourth-order valence-electron chi connectivity index (χ4n) is 4.47. The van der Waals surface area contributed by atoms with Crippen LogP contribution in [0.25, 0.3) is 0 Å². The van der Waals surface area contributed by atoms with Crippen molar-refractivity contribution < 1.29 is 9.59 Å². The molecule has 1 fully saturated rings. The summed E-state index contributed by atoms with van der Waals surface area (Å²) >= 11 is 1.16. The zero-order chi connectivity index (χ0) is 22.2. The van der Waals surface area contributed by atoms with Gasteiger partial charge >= 0.3 is 0 Å². The van der Waals surface area contributed by atoms with Gasteiger partial charge in [0.15, 0.2) is 11.5 Å². The average molecular weight is 449 g/mol. The molecule has 32 heavy (non-hydrogen) atoms. The number of carbonyl (C=O) groups is 2. The van der Waals surface area contributed by atoms with Crippen molar-refractivity contribution in [1.82, 2.24) is 24.5 Å². The highest BCUT2D eigenvalue weighted by molar-refractivity contribution is 7.03. The molecule has 5 rings (SSSR count). The van der Waals surface area contributed by atoms with Crippen LogP contribution in [0.1, 0.15) is 64.0 Å². The van der Waals surface area contributed by atoms with Crippen LogP contribution >= 0.6 is 11.5 Å². The van der Waals surface area contributed by atoms with Gasteiger partial charge in [-0.1, -0.05) is 34.3 Å². The van der Waals surface area contributed by atoms with Crippen molar-refractivity contribution >= 4 is 29.2 Å². The largest absolute Gasteiger partial charge is 0.327 e.